The molecule has 6 unspecified atom stereocenters. The summed E-state index contributed by atoms with van der Waals surface area (Å²) in [5.41, 5.74) is 7.65. The van der Waals surface area contributed by atoms with Crippen molar-refractivity contribution >= 4 is 17.7 Å². The molecule has 0 aliphatic carbocycles. The molecule has 1 aliphatic rings. The first-order valence-corrected chi connectivity index (χ1v) is 12.3. The SMILES string of the molecule is COC1/C=C\C=C(/C)C(=O)Nc2ccc(O)c(c2)CC(C)CC(OC)C(O)C(C)/C=C(/C)C1OC(N)=O. The summed E-state index contributed by atoms with van der Waals surface area (Å²) in [4.78, 5) is 24.4. The molecule has 2 bridgehead atoms. The second-order valence-corrected chi connectivity index (χ2v) is 9.67. The van der Waals surface area contributed by atoms with Crippen molar-refractivity contribution in [2.45, 2.75) is 65.0 Å². The number of aromatic hydroxyl groups is 1. The number of carbonyl (C=O) groups excluding carboxylic acids is 2. The Balaban J connectivity index is 2.53. The number of phenolic OH excluding ortho intramolecular Hbond substituents is 1. The highest BCUT2D eigenvalue weighted by molar-refractivity contribution is 6.03. The van der Waals surface area contributed by atoms with Gasteiger partial charge in [0.1, 0.15) is 11.9 Å². The van der Waals surface area contributed by atoms with Crippen LogP contribution >= 0.6 is 0 Å². The molecule has 1 aromatic carbocycles. The molecule has 0 fully saturated rings. The van der Waals surface area contributed by atoms with E-state index in [0.29, 0.717) is 35.2 Å². The van der Waals surface area contributed by atoms with Gasteiger partial charge in [0.15, 0.2) is 6.10 Å². The quantitative estimate of drug-likeness (QED) is 0.353. The molecule has 5 N–H and O–H groups in total. The van der Waals surface area contributed by atoms with Crippen LogP contribution in [0.3, 0.4) is 0 Å². The van der Waals surface area contributed by atoms with Crippen molar-refractivity contribution in [1.29, 1.82) is 0 Å². The smallest absolute Gasteiger partial charge is 0.405 e. The van der Waals surface area contributed by atoms with Crippen molar-refractivity contribution in [2.75, 3.05) is 19.5 Å². The lowest BCUT2D eigenvalue weighted by atomic mass is 9.88. The second-order valence-electron chi connectivity index (χ2n) is 9.67. The molecule has 9 nitrogen and oxygen atoms in total. The number of nitrogens with one attached hydrogen (secondary N) is 1. The van der Waals surface area contributed by atoms with Crippen LogP contribution in [0.2, 0.25) is 0 Å². The Morgan fingerprint density at radius 3 is 2.49 bits per heavy atom. The number of ether oxygens (including phenoxy) is 3. The monoisotopic (exact) mass is 516 g/mol. The van der Waals surface area contributed by atoms with E-state index in [-0.39, 0.29) is 23.5 Å². The van der Waals surface area contributed by atoms with E-state index in [0.717, 1.165) is 0 Å². The first-order chi connectivity index (χ1) is 17.5. The number of aliphatic hydroxyl groups is 1. The summed E-state index contributed by atoms with van der Waals surface area (Å²) in [6.45, 7) is 7.30. The molecule has 1 aromatic rings. The summed E-state index contributed by atoms with van der Waals surface area (Å²) in [5, 5.41) is 24.3. The van der Waals surface area contributed by atoms with E-state index in [9.17, 15) is 19.8 Å². The van der Waals surface area contributed by atoms with Gasteiger partial charge in [-0.05, 0) is 61.9 Å². The number of fused-ring (bicyclic) bond motifs is 2. The van der Waals surface area contributed by atoms with E-state index >= 15 is 0 Å². The minimum absolute atomic E-state index is 0.0467. The van der Waals surface area contributed by atoms with E-state index in [2.05, 4.69) is 5.32 Å². The Kier molecular flexibility index (Phi) is 11.4. The molecule has 9 heteroatoms. The average Bonchev–Trinajstić information content (AvgIpc) is 2.84. The van der Waals surface area contributed by atoms with Crippen LogP contribution in [0.4, 0.5) is 10.5 Å². The summed E-state index contributed by atoms with van der Waals surface area (Å²) in [6, 6.07) is 4.94. The van der Waals surface area contributed by atoms with E-state index in [4.69, 9.17) is 19.9 Å². The zero-order chi connectivity index (χ0) is 27.7. The van der Waals surface area contributed by atoms with Gasteiger partial charge >= 0.3 is 6.09 Å². The van der Waals surface area contributed by atoms with Gasteiger partial charge in [0.2, 0.25) is 0 Å². The molecule has 2 rings (SSSR count). The third-order valence-electron chi connectivity index (χ3n) is 6.56. The molecule has 0 radical (unpaired) electrons. The van der Waals surface area contributed by atoms with Crippen molar-refractivity contribution in [3.05, 3.63) is 59.2 Å². The van der Waals surface area contributed by atoms with Gasteiger partial charge in [0.05, 0.1) is 12.2 Å². The topological polar surface area (TPSA) is 140 Å². The highest BCUT2D eigenvalue weighted by atomic mass is 16.6. The fourth-order valence-electron chi connectivity index (χ4n) is 4.47. The van der Waals surface area contributed by atoms with Gasteiger partial charge in [0.25, 0.3) is 5.91 Å². The maximum absolute atomic E-state index is 12.7. The number of carbonyl (C=O) groups is 2. The van der Waals surface area contributed by atoms with Gasteiger partial charge in [-0.25, -0.2) is 4.79 Å². The molecule has 0 aromatic heterocycles. The molecule has 0 spiro atoms. The van der Waals surface area contributed by atoms with Crippen LogP contribution in [0.15, 0.2) is 53.6 Å². The number of methoxy groups -OCH3 is 2. The average molecular weight is 517 g/mol. The third-order valence-corrected chi connectivity index (χ3v) is 6.56. The van der Waals surface area contributed by atoms with Crippen LogP contribution in [0.5, 0.6) is 5.75 Å². The number of rotatable bonds is 3. The van der Waals surface area contributed by atoms with Crippen LogP contribution in [-0.2, 0) is 25.4 Å². The summed E-state index contributed by atoms with van der Waals surface area (Å²) in [6.07, 6.45) is 3.95. The summed E-state index contributed by atoms with van der Waals surface area (Å²) in [7, 11) is 3.02. The lowest BCUT2D eigenvalue weighted by molar-refractivity contribution is -0.112. The van der Waals surface area contributed by atoms with E-state index in [1.807, 2.05) is 19.9 Å². The number of benzene rings is 1. The number of phenols is 1. The second kappa shape index (κ2) is 14.0. The molecular formula is C28H40N2O7. The molecule has 0 saturated carbocycles. The zero-order valence-electron chi connectivity index (χ0n) is 22.4. The van der Waals surface area contributed by atoms with Crippen LogP contribution in [0.25, 0.3) is 0 Å². The number of amides is 2. The molecule has 1 heterocycles. The largest absolute Gasteiger partial charge is 0.508 e. The standard InChI is InChI=1S/C28H40N2O7/c1-16-12-20-15-21(10-11-22(20)31)30-27(33)17(2)8-7-9-23(35-5)26(37-28(29)34)19(4)14-18(3)25(32)24(13-16)36-6/h7-11,14-16,18,23-26,31-32H,12-13H2,1-6H3,(H2,29,34)(H,30,33)/b9-7-,17-8+,19-14-. The third kappa shape index (κ3) is 8.73. The van der Waals surface area contributed by atoms with Gasteiger partial charge in [-0.2, -0.15) is 0 Å². The van der Waals surface area contributed by atoms with Crippen LogP contribution in [0, 0.1) is 11.8 Å². The minimum Gasteiger partial charge on any atom is -0.508 e. The predicted molar refractivity (Wildman–Crippen MR) is 142 cm³/mol. The maximum Gasteiger partial charge on any atom is 0.405 e. The summed E-state index contributed by atoms with van der Waals surface area (Å²) in [5.74, 6) is -0.469. The van der Waals surface area contributed by atoms with Crippen molar-refractivity contribution in [2.24, 2.45) is 17.6 Å². The molecule has 204 valence electrons. The van der Waals surface area contributed by atoms with Gasteiger partial charge < -0.3 is 35.5 Å². The fraction of sp³-hybridized carbons (Fsp3) is 0.500. The number of primary amides is 1. The van der Waals surface area contributed by atoms with E-state index < -0.39 is 30.5 Å². The van der Waals surface area contributed by atoms with Crippen LogP contribution in [0.1, 0.15) is 39.7 Å². The van der Waals surface area contributed by atoms with Gasteiger partial charge in [-0.1, -0.05) is 38.2 Å². The van der Waals surface area contributed by atoms with Crippen molar-refractivity contribution in [1.82, 2.24) is 0 Å². The van der Waals surface area contributed by atoms with Crippen LogP contribution in [-0.4, -0.2) is 60.8 Å². The highest BCUT2D eigenvalue weighted by Crippen LogP contribution is 2.28. The first kappa shape index (κ1) is 30.1. The van der Waals surface area contributed by atoms with Gasteiger partial charge in [-0.15, -0.1) is 0 Å². The molecule has 1 aliphatic heterocycles. The molecule has 6 atom stereocenters. The zero-order valence-corrected chi connectivity index (χ0v) is 22.4. The number of nitrogens with two attached hydrogens (primary N) is 1. The summed E-state index contributed by atoms with van der Waals surface area (Å²) < 4.78 is 16.5. The van der Waals surface area contributed by atoms with E-state index in [1.165, 1.54) is 7.11 Å². The number of allylic oxidation sites excluding steroid dienone is 2. The van der Waals surface area contributed by atoms with Crippen LogP contribution < -0.4 is 11.1 Å². The Morgan fingerprint density at radius 2 is 1.86 bits per heavy atom. The highest BCUT2D eigenvalue weighted by Gasteiger charge is 2.29. The number of aliphatic hydroxyl groups excluding tert-OH is 1. The van der Waals surface area contributed by atoms with Crippen molar-refractivity contribution in [3.63, 3.8) is 0 Å². The Hall–Kier alpha value is -3.14. The number of hydrogen-bond acceptors (Lipinski definition) is 7. The van der Waals surface area contributed by atoms with Crippen molar-refractivity contribution in [3.8, 4) is 5.75 Å². The lowest BCUT2D eigenvalue weighted by Crippen LogP contribution is -2.37. The maximum atomic E-state index is 12.7. The summed E-state index contributed by atoms with van der Waals surface area (Å²) >= 11 is 0. The predicted octanol–water partition coefficient (Wildman–Crippen LogP) is 3.85. The molecular weight excluding hydrogens is 476 g/mol. The Morgan fingerprint density at radius 1 is 1.16 bits per heavy atom. The number of hydrogen-bond donors (Lipinski definition) is 4. The normalized spacial score (nSPS) is 31.8. The molecule has 37 heavy (non-hydrogen) atoms. The van der Waals surface area contributed by atoms with E-state index in [1.54, 1.807) is 57.4 Å². The Labute approximate surface area is 219 Å². The first-order valence-electron chi connectivity index (χ1n) is 12.3. The van der Waals surface area contributed by atoms with Gasteiger partial charge in [-0.3, -0.25) is 4.79 Å². The van der Waals surface area contributed by atoms with Crippen molar-refractivity contribution < 1.29 is 34.0 Å². The minimum atomic E-state index is -0.959. The number of anilines is 1. The van der Waals surface area contributed by atoms with Gasteiger partial charge in [0, 0.05) is 31.4 Å². The molecule has 2 amide bonds. The lowest BCUT2D eigenvalue weighted by Gasteiger charge is -2.29. The Bertz CT molecular complexity index is 1030. The fourth-order valence-corrected chi connectivity index (χ4v) is 4.47. The molecule has 0 saturated heterocycles.